The number of nitro benzene ring substituents is 1. The lowest BCUT2D eigenvalue weighted by Crippen LogP contribution is -1.96. The molecule has 1 heterocycles. The zero-order chi connectivity index (χ0) is 17.6. The Morgan fingerprint density at radius 1 is 0.917 bits per heavy atom. The Morgan fingerprint density at radius 2 is 1.46 bits per heavy atom. The highest BCUT2D eigenvalue weighted by atomic mass is 35.5. The van der Waals surface area contributed by atoms with E-state index in [1.54, 1.807) is 0 Å². The van der Waals surface area contributed by atoms with Gasteiger partial charge in [-0.3, -0.25) is 10.1 Å². The van der Waals surface area contributed by atoms with Crippen molar-refractivity contribution in [2.45, 2.75) is 0 Å². The van der Waals surface area contributed by atoms with Gasteiger partial charge in [0.1, 0.15) is 5.76 Å². The number of cyclic esters (lactones) is 1. The lowest BCUT2D eigenvalue weighted by molar-refractivity contribution is -0.384. The summed E-state index contributed by atoms with van der Waals surface area (Å²) in [6, 6.07) is 5.66. The molecular weight excluding hydrogens is 400 g/mol. The van der Waals surface area contributed by atoms with Crippen molar-refractivity contribution in [1.82, 2.24) is 0 Å². The van der Waals surface area contributed by atoms with E-state index in [2.05, 4.69) is 0 Å². The van der Waals surface area contributed by atoms with Gasteiger partial charge in [-0.25, -0.2) is 4.79 Å². The Kier molecular flexibility index (Phi) is 4.44. The molecule has 0 radical (unpaired) electrons. The number of rotatable bonds is 2. The van der Waals surface area contributed by atoms with Gasteiger partial charge in [0.25, 0.3) is 5.69 Å². The van der Waals surface area contributed by atoms with Crippen molar-refractivity contribution in [3.05, 3.63) is 71.2 Å². The molecule has 0 atom stereocenters. The van der Waals surface area contributed by atoms with E-state index in [1.807, 2.05) is 0 Å². The predicted molar refractivity (Wildman–Crippen MR) is 92.9 cm³/mol. The number of nitro groups is 1. The minimum atomic E-state index is -0.705. The van der Waals surface area contributed by atoms with Gasteiger partial charge in [-0.2, -0.15) is 0 Å². The van der Waals surface area contributed by atoms with Crippen LogP contribution in [0.1, 0.15) is 21.5 Å². The molecule has 9 heteroatoms. The van der Waals surface area contributed by atoms with E-state index < -0.39 is 10.9 Å². The molecule has 0 amide bonds. The predicted octanol–water partition coefficient (Wildman–Crippen LogP) is 5.88. The fraction of sp³-hybridized carbons (Fsp3) is 0. The molecule has 0 aliphatic carbocycles. The average Bonchev–Trinajstić information content (AvgIpc) is 2.87. The van der Waals surface area contributed by atoms with Crippen LogP contribution in [0.25, 0.3) is 11.8 Å². The molecule has 0 bridgehead atoms. The third kappa shape index (κ3) is 2.74. The summed E-state index contributed by atoms with van der Waals surface area (Å²) < 4.78 is 5.19. The smallest absolute Gasteiger partial charge is 0.345 e. The van der Waals surface area contributed by atoms with Crippen LogP contribution in [0.5, 0.6) is 0 Å². The molecule has 0 saturated heterocycles. The van der Waals surface area contributed by atoms with E-state index in [4.69, 9.17) is 51.1 Å². The Bertz CT molecular complexity index is 922. The summed E-state index contributed by atoms with van der Waals surface area (Å²) in [6.07, 6.45) is 1.50. The first-order chi connectivity index (χ1) is 11.3. The number of carbonyl (C=O) groups excluding carboxylic acids is 1. The number of ether oxygens (including phenoxy) is 1. The molecule has 2 aromatic rings. The van der Waals surface area contributed by atoms with Crippen molar-refractivity contribution in [3.8, 4) is 0 Å². The molecule has 5 nitrogen and oxygen atoms in total. The third-order valence-corrected chi connectivity index (χ3v) is 5.12. The molecule has 1 aliphatic rings. The number of halogens is 4. The molecule has 24 heavy (non-hydrogen) atoms. The van der Waals surface area contributed by atoms with Crippen LogP contribution in [0.2, 0.25) is 20.1 Å². The van der Waals surface area contributed by atoms with Crippen molar-refractivity contribution in [2.24, 2.45) is 0 Å². The Morgan fingerprint density at radius 3 is 2.00 bits per heavy atom. The maximum atomic E-state index is 12.0. The molecule has 0 N–H and O–H groups in total. The number of hydrogen-bond acceptors (Lipinski definition) is 4. The fourth-order valence-corrected chi connectivity index (χ4v) is 3.22. The van der Waals surface area contributed by atoms with Gasteiger partial charge in [0.15, 0.2) is 0 Å². The number of hydrogen-bond donors (Lipinski definition) is 0. The van der Waals surface area contributed by atoms with Crippen LogP contribution in [-0.4, -0.2) is 10.9 Å². The first-order valence-corrected chi connectivity index (χ1v) is 7.87. The SMILES string of the molecule is O=C1OC(=Cc2ccc([N+](=O)[O-])cc2)c2c(Cl)c(Cl)c(Cl)c(Cl)c21. The Balaban J connectivity index is 2.14. The summed E-state index contributed by atoms with van der Waals surface area (Å²) in [6.45, 7) is 0. The highest BCUT2D eigenvalue weighted by Crippen LogP contribution is 2.48. The third-order valence-electron chi connectivity index (χ3n) is 3.32. The highest BCUT2D eigenvalue weighted by molar-refractivity contribution is 6.53. The van der Waals surface area contributed by atoms with Crippen LogP contribution in [0.3, 0.4) is 0 Å². The number of carbonyl (C=O) groups is 1. The van der Waals surface area contributed by atoms with E-state index in [-0.39, 0.29) is 42.7 Å². The molecule has 122 valence electrons. The summed E-state index contributed by atoms with van der Waals surface area (Å²) in [4.78, 5) is 22.2. The maximum Gasteiger partial charge on any atom is 0.345 e. The van der Waals surface area contributed by atoms with Crippen LogP contribution in [0, 0.1) is 10.1 Å². The maximum absolute atomic E-state index is 12.0. The minimum absolute atomic E-state index is 0.00924. The van der Waals surface area contributed by atoms with Gasteiger partial charge in [-0.05, 0) is 23.8 Å². The highest BCUT2D eigenvalue weighted by Gasteiger charge is 2.35. The molecule has 1 aliphatic heterocycles. The monoisotopic (exact) mass is 403 g/mol. The van der Waals surface area contributed by atoms with Gasteiger partial charge < -0.3 is 4.74 Å². The van der Waals surface area contributed by atoms with E-state index in [0.29, 0.717) is 5.56 Å². The zero-order valence-electron chi connectivity index (χ0n) is 11.5. The van der Waals surface area contributed by atoms with Gasteiger partial charge in [0, 0.05) is 12.1 Å². The van der Waals surface area contributed by atoms with Crippen molar-refractivity contribution < 1.29 is 14.5 Å². The lowest BCUT2D eigenvalue weighted by atomic mass is 10.1. The van der Waals surface area contributed by atoms with Crippen molar-refractivity contribution >= 4 is 69.9 Å². The lowest BCUT2D eigenvalue weighted by Gasteiger charge is -2.07. The van der Waals surface area contributed by atoms with E-state index in [0.717, 1.165) is 0 Å². The summed E-state index contributed by atoms with van der Waals surface area (Å²) in [5.74, 6) is -0.571. The fourth-order valence-electron chi connectivity index (χ4n) is 2.20. The van der Waals surface area contributed by atoms with Crippen LogP contribution >= 0.6 is 46.4 Å². The summed E-state index contributed by atoms with van der Waals surface area (Å²) in [7, 11) is 0. The van der Waals surface area contributed by atoms with Crippen LogP contribution in [0.15, 0.2) is 24.3 Å². The van der Waals surface area contributed by atoms with Crippen LogP contribution < -0.4 is 0 Å². The average molecular weight is 405 g/mol. The second-order valence-electron chi connectivity index (χ2n) is 4.75. The zero-order valence-corrected chi connectivity index (χ0v) is 14.5. The molecule has 0 unspecified atom stereocenters. The van der Waals surface area contributed by atoms with Crippen molar-refractivity contribution in [2.75, 3.05) is 0 Å². The van der Waals surface area contributed by atoms with Crippen molar-refractivity contribution in [1.29, 1.82) is 0 Å². The number of fused-ring (bicyclic) bond motifs is 1. The Labute approximate surface area is 155 Å². The van der Waals surface area contributed by atoms with Gasteiger partial charge >= 0.3 is 5.97 Å². The normalized spacial score (nSPS) is 14.7. The molecule has 0 aromatic heterocycles. The standard InChI is InChI=1S/C15H5Cl4NO4/c16-11-9-8(5-6-1-3-7(4-2-6)20(22)23)24-15(21)10(9)12(17)14(19)13(11)18/h1-5H. The van der Waals surface area contributed by atoms with E-state index >= 15 is 0 Å². The van der Waals surface area contributed by atoms with Gasteiger partial charge in [-0.1, -0.05) is 46.4 Å². The van der Waals surface area contributed by atoms with E-state index in [9.17, 15) is 14.9 Å². The first kappa shape index (κ1) is 17.0. The number of esters is 1. The van der Waals surface area contributed by atoms with Crippen molar-refractivity contribution in [3.63, 3.8) is 0 Å². The molecule has 0 spiro atoms. The number of benzene rings is 2. The molecule has 2 aromatic carbocycles. The molecule has 0 saturated carbocycles. The molecule has 0 fully saturated rings. The topological polar surface area (TPSA) is 69.4 Å². The Hall–Kier alpha value is -1.79. The quantitative estimate of drug-likeness (QED) is 0.206. The van der Waals surface area contributed by atoms with Gasteiger partial charge in [0.05, 0.1) is 36.1 Å². The minimum Gasteiger partial charge on any atom is -0.422 e. The summed E-state index contributed by atoms with van der Waals surface area (Å²) >= 11 is 24.2. The summed E-state index contributed by atoms with van der Waals surface area (Å²) in [5, 5.41) is 10.7. The molecular formula is C15H5Cl4NO4. The van der Waals surface area contributed by atoms with Crippen LogP contribution in [0.4, 0.5) is 5.69 Å². The van der Waals surface area contributed by atoms with Crippen LogP contribution in [-0.2, 0) is 4.74 Å². The van der Waals surface area contributed by atoms with Gasteiger partial charge in [-0.15, -0.1) is 0 Å². The second-order valence-corrected chi connectivity index (χ2v) is 6.26. The number of nitrogens with zero attached hydrogens (tertiary/aromatic N) is 1. The largest absolute Gasteiger partial charge is 0.422 e. The summed E-state index contributed by atoms with van der Waals surface area (Å²) in [5.41, 5.74) is 0.773. The number of non-ortho nitro benzene ring substituents is 1. The van der Waals surface area contributed by atoms with E-state index in [1.165, 1.54) is 30.3 Å². The first-order valence-electron chi connectivity index (χ1n) is 6.36. The van der Waals surface area contributed by atoms with Gasteiger partial charge in [0.2, 0.25) is 0 Å². The molecule has 3 rings (SSSR count). The second kappa shape index (κ2) is 6.26.